The Morgan fingerprint density at radius 1 is 0.923 bits per heavy atom. The molecule has 3 aromatic heterocycles. The smallest absolute Gasteiger partial charge is 0.258 e. The summed E-state index contributed by atoms with van der Waals surface area (Å²) in [6.07, 6.45) is 1.61. The van der Waals surface area contributed by atoms with Crippen LogP contribution in [0.3, 0.4) is 0 Å². The number of hydrogen-bond acceptors (Lipinski definition) is 9. The second-order valence-electron chi connectivity index (χ2n) is 6.22. The van der Waals surface area contributed by atoms with Gasteiger partial charge in [-0.3, -0.25) is 4.68 Å². The third kappa shape index (κ3) is 3.47. The Morgan fingerprint density at radius 3 is 2.04 bits per heavy atom. The molecular formula is C15H22N10S. The summed E-state index contributed by atoms with van der Waals surface area (Å²) in [5.74, 6) is 1.54. The van der Waals surface area contributed by atoms with E-state index in [0.717, 1.165) is 16.3 Å². The summed E-state index contributed by atoms with van der Waals surface area (Å²) >= 11 is 1.48. The summed E-state index contributed by atoms with van der Waals surface area (Å²) in [5, 5.41) is 9.55. The van der Waals surface area contributed by atoms with Crippen molar-refractivity contribution < 1.29 is 0 Å². The predicted molar refractivity (Wildman–Crippen MR) is 100 cm³/mol. The molecule has 0 bridgehead atoms. The third-order valence-corrected chi connectivity index (χ3v) is 4.88. The molecule has 0 fully saturated rings. The Kier molecular flexibility index (Phi) is 4.81. The monoisotopic (exact) mass is 374 g/mol. The Balaban J connectivity index is 1.94. The zero-order valence-corrected chi connectivity index (χ0v) is 16.8. The molecule has 0 spiro atoms. The fourth-order valence-electron chi connectivity index (χ4n) is 2.23. The summed E-state index contributed by atoms with van der Waals surface area (Å²) in [4.78, 5) is 22.4. The molecule has 0 aliphatic rings. The standard InChI is InChI=1S/C15H22N10S/c1-9-11(10(2)24(7)20-9)26-15-16-8-25(21-15)14-18-12(22(3)4)17-13(19-14)23(5)6/h8H,1-7H3. The molecule has 0 amide bonds. The van der Waals surface area contributed by atoms with Crippen LogP contribution in [0.5, 0.6) is 0 Å². The molecule has 26 heavy (non-hydrogen) atoms. The highest BCUT2D eigenvalue weighted by molar-refractivity contribution is 7.99. The van der Waals surface area contributed by atoms with E-state index in [0.29, 0.717) is 23.0 Å². The number of anilines is 2. The molecule has 0 radical (unpaired) electrons. The van der Waals surface area contributed by atoms with E-state index in [1.807, 2.05) is 63.6 Å². The van der Waals surface area contributed by atoms with E-state index in [-0.39, 0.29) is 0 Å². The van der Waals surface area contributed by atoms with Crippen LogP contribution in [0.4, 0.5) is 11.9 Å². The van der Waals surface area contributed by atoms with Gasteiger partial charge in [0.05, 0.1) is 10.6 Å². The molecule has 0 atom stereocenters. The van der Waals surface area contributed by atoms with Gasteiger partial charge in [-0.2, -0.15) is 24.7 Å². The van der Waals surface area contributed by atoms with Crippen LogP contribution in [0.25, 0.3) is 5.95 Å². The van der Waals surface area contributed by atoms with Crippen LogP contribution in [0.1, 0.15) is 11.4 Å². The van der Waals surface area contributed by atoms with Crippen LogP contribution in [-0.2, 0) is 7.05 Å². The largest absolute Gasteiger partial charge is 0.347 e. The van der Waals surface area contributed by atoms with Crippen LogP contribution in [0.15, 0.2) is 16.4 Å². The zero-order chi connectivity index (χ0) is 19.0. The van der Waals surface area contributed by atoms with Gasteiger partial charge in [-0.15, -0.1) is 5.10 Å². The van der Waals surface area contributed by atoms with Crippen molar-refractivity contribution in [3.8, 4) is 5.95 Å². The van der Waals surface area contributed by atoms with E-state index in [1.165, 1.54) is 11.8 Å². The minimum Gasteiger partial charge on any atom is -0.347 e. The Labute approximate surface area is 156 Å². The summed E-state index contributed by atoms with van der Waals surface area (Å²) in [6, 6.07) is 0. The average molecular weight is 374 g/mol. The Bertz CT molecular complexity index is 900. The fraction of sp³-hybridized carbons (Fsp3) is 0.467. The molecule has 3 aromatic rings. The molecular weight excluding hydrogens is 352 g/mol. The number of nitrogens with zero attached hydrogens (tertiary/aromatic N) is 10. The molecule has 0 N–H and O–H groups in total. The summed E-state index contributed by atoms with van der Waals surface area (Å²) < 4.78 is 3.42. The lowest BCUT2D eigenvalue weighted by molar-refractivity contribution is 0.729. The van der Waals surface area contributed by atoms with Crippen molar-refractivity contribution in [2.45, 2.75) is 23.9 Å². The molecule has 10 nitrogen and oxygen atoms in total. The van der Waals surface area contributed by atoms with Gasteiger partial charge >= 0.3 is 0 Å². The summed E-state index contributed by atoms with van der Waals surface area (Å²) in [6.45, 7) is 4.00. The molecule has 0 unspecified atom stereocenters. The molecule has 3 heterocycles. The minimum absolute atomic E-state index is 0.423. The molecule has 11 heteroatoms. The van der Waals surface area contributed by atoms with Gasteiger partial charge in [-0.1, -0.05) is 0 Å². The second kappa shape index (κ2) is 6.90. The van der Waals surface area contributed by atoms with E-state index in [4.69, 9.17) is 0 Å². The number of aromatic nitrogens is 8. The molecule has 0 saturated heterocycles. The molecule has 0 aliphatic heterocycles. The molecule has 138 valence electrons. The van der Waals surface area contributed by atoms with Crippen molar-refractivity contribution >= 4 is 23.7 Å². The minimum atomic E-state index is 0.423. The van der Waals surface area contributed by atoms with Gasteiger partial charge in [-0.25, -0.2) is 4.98 Å². The van der Waals surface area contributed by atoms with E-state index in [1.54, 1.807) is 11.0 Å². The number of aryl methyl sites for hydroxylation is 2. The van der Waals surface area contributed by atoms with Crippen molar-refractivity contribution in [1.29, 1.82) is 0 Å². The lowest BCUT2D eigenvalue weighted by atomic mass is 10.4. The maximum atomic E-state index is 4.51. The van der Waals surface area contributed by atoms with Gasteiger partial charge in [-0.05, 0) is 25.6 Å². The van der Waals surface area contributed by atoms with Crippen molar-refractivity contribution in [3.05, 3.63) is 17.7 Å². The second-order valence-corrected chi connectivity index (χ2v) is 7.20. The van der Waals surface area contributed by atoms with Crippen LogP contribution in [-0.4, -0.2) is 67.7 Å². The summed E-state index contributed by atoms with van der Waals surface area (Å²) in [5.41, 5.74) is 2.03. The zero-order valence-electron chi connectivity index (χ0n) is 16.0. The first kappa shape index (κ1) is 18.1. The van der Waals surface area contributed by atoms with E-state index in [2.05, 4.69) is 30.1 Å². The van der Waals surface area contributed by atoms with Crippen LogP contribution < -0.4 is 9.80 Å². The van der Waals surface area contributed by atoms with Gasteiger partial charge in [0.25, 0.3) is 5.95 Å². The topological polar surface area (TPSA) is 93.7 Å². The predicted octanol–water partition coefficient (Wildman–Crippen LogP) is 1.09. The fourth-order valence-corrected chi connectivity index (χ4v) is 3.11. The Morgan fingerprint density at radius 2 is 1.54 bits per heavy atom. The van der Waals surface area contributed by atoms with E-state index < -0.39 is 0 Å². The van der Waals surface area contributed by atoms with E-state index >= 15 is 0 Å². The van der Waals surface area contributed by atoms with Crippen LogP contribution in [0.2, 0.25) is 0 Å². The lowest BCUT2D eigenvalue weighted by Crippen LogP contribution is -2.20. The molecule has 3 rings (SSSR count). The molecule has 0 saturated carbocycles. The summed E-state index contributed by atoms with van der Waals surface area (Å²) in [7, 11) is 9.46. The molecule has 0 aromatic carbocycles. The van der Waals surface area contributed by atoms with Crippen LogP contribution in [0, 0.1) is 13.8 Å². The Hall–Kier alpha value is -2.69. The number of hydrogen-bond donors (Lipinski definition) is 0. The quantitative estimate of drug-likeness (QED) is 0.650. The first-order chi connectivity index (χ1) is 12.3. The molecule has 0 aliphatic carbocycles. The highest BCUT2D eigenvalue weighted by Gasteiger charge is 2.16. The maximum Gasteiger partial charge on any atom is 0.258 e. The van der Waals surface area contributed by atoms with Gasteiger partial charge in [0.2, 0.25) is 17.1 Å². The van der Waals surface area contributed by atoms with Gasteiger partial charge < -0.3 is 9.80 Å². The number of rotatable bonds is 5. The highest BCUT2D eigenvalue weighted by atomic mass is 32.2. The van der Waals surface area contributed by atoms with Crippen LogP contribution >= 0.6 is 11.8 Å². The van der Waals surface area contributed by atoms with Crippen molar-refractivity contribution in [3.63, 3.8) is 0 Å². The average Bonchev–Trinajstić information content (AvgIpc) is 3.15. The first-order valence-electron chi connectivity index (χ1n) is 7.97. The highest BCUT2D eigenvalue weighted by Crippen LogP contribution is 2.30. The van der Waals surface area contributed by atoms with Gasteiger partial charge in [0.15, 0.2) is 0 Å². The third-order valence-electron chi connectivity index (χ3n) is 3.71. The SMILES string of the molecule is Cc1nn(C)c(C)c1Sc1ncn(-c2nc(N(C)C)nc(N(C)C)n2)n1. The maximum absolute atomic E-state index is 4.51. The van der Waals surface area contributed by atoms with Crippen molar-refractivity contribution in [1.82, 2.24) is 39.5 Å². The first-order valence-corrected chi connectivity index (χ1v) is 8.78. The normalized spacial score (nSPS) is 11.0. The van der Waals surface area contributed by atoms with Gasteiger partial charge in [0, 0.05) is 40.9 Å². The van der Waals surface area contributed by atoms with Crippen molar-refractivity contribution in [2.24, 2.45) is 7.05 Å². The van der Waals surface area contributed by atoms with Gasteiger partial charge in [0.1, 0.15) is 6.33 Å². The lowest BCUT2D eigenvalue weighted by Gasteiger charge is -2.15. The van der Waals surface area contributed by atoms with E-state index in [9.17, 15) is 0 Å². The van der Waals surface area contributed by atoms with Crippen molar-refractivity contribution in [2.75, 3.05) is 38.0 Å².